The van der Waals surface area contributed by atoms with Crippen LogP contribution in [0.1, 0.15) is 56.5 Å². The number of nitro groups is 1. The van der Waals surface area contributed by atoms with E-state index in [1.807, 2.05) is 60.6 Å². The molecule has 0 amide bonds. The van der Waals surface area contributed by atoms with Crippen molar-refractivity contribution in [1.29, 1.82) is 10.8 Å². The van der Waals surface area contributed by atoms with Gasteiger partial charge in [-0.2, -0.15) is 0 Å². The number of nitrogens with zero attached hydrogens (tertiary/aromatic N) is 4. The van der Waals surface area contributed by atoms with Crippen LogP contribution in [-0.4, -0.2) is 50.2 Å². The second kappa shape index (κ2) is 10.0. The minimum atomic E-state index is -0.373. The highest BCUT2D eigenvalue weighted by molar-refractivity contribution is 6.10. The Morgan fingerprint density at radius 2 is 1.82 bits per heavy atom. The first kappa shape index (κ1) is 26.1. The summed E-state index contributed by atoms with van der Waals surface area (Å²) < 4.78 is 8.22. The maximum atomic E-state index is 12.7. The number of nitrogens with one attached hydrogen (secondary N) is 2. The first-order valence-electron chi connectivity index (χ1n) is 13.1. The van der Waals surface area contributed by atoms with Gasteiger partial charge in [-0.05, 0) is 43.0 Å². The van der Waals surface area contributed by atoms with Gasteiger partial charge in [0.1, 0.15) is 17.8 Å². The van der Waals surface area contributed by atoms with E-state index in [1.165, 1.54) is 0 Å². The molecule has 1 fully saturated rings. The molecule has 4 N–H and O–H groups in total. The standard InChI is InChI=1S/C29H33N7O3/c1-16(2)29-33-25-17(3)15-24(39-19-11-13-34(14-12-19)18(4)30)26(36(37)38)27(25)35(29)23-10-9-22(28(31)32)20-7-5-6-8-21(20)23/h5-10,15-16,19,30H,11-14H2,1-4H3,(H3,31,32). The lowest BCUT2D eigenvalue weighted by Crippen LogP contribution is -2.40. The summed E-state index contributed by atoms with van der Waals surface area (Å²) in [7, 11) is 0. The van der Waals surface area contributed by atoms with Crippen LogP contribution in [0.15, 0.2) is 42.5 Å². The molecule has 202 valence electrons. The van der Waals surface area contributed by atoms with Gasteiger partial charge in [-0.1, -0.05) is 38.1 Å². The number of imidazole rings is 1. The summed E-state index contributed by atoms with van der Waals surface area (Å²) in [6, 6.07) is 13.0. The van der Waals surface area contributed by atoms with E-state index < -0.39 is 0 Å². The van der Waals surface area contributed by atoms with Crippen LogP contribution in [0, 0.1) is 27.9 Å². The van der Waals surface area contributed by atoms with Crippen LogP contribution in [0.3, 0.4) is 0 Å². The van der Waals surface area contributed by atoms with E-state index in [0.29, 0.717) is 54.2 Å². The Kier molecular flexibility index (Phi) is 6.71. The molecule has 0 unspecified atom stereocenters. The van der Waals surface area contributed by atoms with Crippen molar-refractivity contribution in [2.24, 2.45) is 5.73 Å². The highest BCUT2D eigenvalue weighted by atomic mass is 16.6. The molecule has 0 atom stereocenters. The van der Waals surface area contributed by atoms with E-state index in [1.54, 1.807) is 19.1 Å². The van der Waals surface area contributed by atoms with E-state index in [4.69, 9.17) is 26.3 Å². The molecule has 0 saturated carbocycles. The smallest absolute Gasteiger partial charge is 0.336 e. The van der Waals surface area contributed by atoms with Crippen LogP contribution in [0.4, 0.5) is 5.69 Å². The van der Waals surface area contributed by atoms with Gasteiger partial charge in [-0.25, -0.2) is 4.98 Å². The summed E-state index contributed by atoms with van der Waals surface area (Å²) in [5.74, 6) is 1.38. The fraction of sp³-hybridized carbons (Fsp3) is 0.345. The molecule has 2 heterocycles. The molecule has 1 saturated heterocycles. The quantitative estimate of drug-likeness (QED) is 0.128. The maximum absolute atomic E-state index is 12.7. The van der Waals surface area contributed by atoms with Crippen molar-refractivity contribution in [3.8, 4) is 11.4 Å². The number of rotatable bonds is 6. The predicted octanol–water partition coefficient (Wildman–Crippen LogP) is 5.64. The Hall–Kier alpha value is -4.47. The lowest BCUT2D eigenvalue weighted by molar-refractivity contribution is -0.384. The number of piperidine rings is 1. The monoisotopic (exact) mass is 527 g/mol. The van der Waals surface area contributed by atoms with Gasteiger partial charge in [0.25, 0.3) is 0 Å². The number of hydrogen-bond donors (Lipinski definition) is 3. The van der Waals surface area contributed by atoms with E-state index in [2.05, 4.69) is 0 Å². The molecule has 5 rings (SSSR count). The number of amidine groups is 2. The van der Waals surface area contributed by atoms with Gasteiger partial charge in [-0.15, -0.1) is 0 Å². The first-order chi connectivity index (χ1) is 18.6. The van der Waals surface area contributed by atoms with Crippen LogP contribution in [-0.2, 0) is 0 Å². The third-order valence-electron chi connectivity index (χ3n) is 7.42. The van der Waals surface area contributed by atoms with Crippen molar-refractivity contribution in [3.05, 3.63) is 69.5 Å². The first-order valence-corrected chi connectivity index (χ1v) is 13.1. The summed E-state index contributed by atoms with van der Waals surface area (Å²) in [4.78, 5) is 19.2. The second-order valence-corrected chi connectivity index (χ2v) is 10.4. The SMILES string of the molecule is CC(=N)N1CCC(Oc2cc(C)c3nc(C(C)C)n(-c4ccc(C(=N)N)c5ccccc45)c3c2[N+](=O)[O-])CC1. The largest absolute Gasteiger partial charge is 0.483 e. The predicted molar refractivity (Wildman–Crippen MR) is 154 cm³/mol. The number of ether oxygens (including phenoxy) is 1. The topological polar surface area (TPSA) is 147 Å². The second-order valence-electron chi connectivity index (χ2n) is 10.4. The highest BCUT2D eigenvalue weighted by Crippen LogP contribution is 2.42. The summed E-state index contributed by atoms with van der Waals surface area (Å²) in [6.07, 6.45) is 1.17. The normalized spacial score (nSPS) is 14.3. The molecule has 39 heavy (non-hydrogen) atoms. The van der Waals surface area contributed by atoms with Crippen LogP contribution >= 0.6 is 0 Å². The van der Waals surface area contributed by atoms with Crippen molar-refractivity contribution in [2.75, 3.05) is 13.1 Å². The van der Waals surface area contributed by atoms with Crippen molar-refractivity contribution in [2.45, 2.75) is 52.6 Å². The number of aryl methyl sites for hydroxylation is 1. The molecule has 10 heteroatoms. The van der Waals surface area contributed by atoms with Crippen molar-refractivity contribution in [3.63, 3.8) is 0 Å². The van der Waals surface area contributed by atoms with Gasteiger partial charge in [0.2, 0.25) is 0 Å². The minimum Gasteiger partial charge on any atom is -0.483 e. The Morgan fingerprint density at radius 3 is 2.41 bits per heavy atom. The third kappa shape index (κ3) is 4.56. The van der Waals surface area contributed by atoms with Crippen molar-refractivity contribution >= 4 is 39.2 Å². The molecule has 0 spiro atoms. The third-order valence-corrected chi connectivity index (χ3v) is 7.42. The zero-order valence-electron chi connectivity index (χ0n) is 22.6. The molecule has 10 nitrogen and oxygen atoms in total. The van der Waals surface area contributed by atoms with E-state index in [0.717, 1.165) is 22.0 Å². The number of benzene rings is 3. The van der Waals surface area contributed by atoms with Crippen LogP contribution in [0.25, 0.3) is 27.5 Å². The fourth-order valence-corrected chi connectivity index (χ4v) is 5.48. The van der Waals surface area contributed by atoms with Gasteiger partial charge < -0.3 is 15.4 Å². The lowest BCUT2D eigenvalue weighted by atomic mass is 10.0. The Labute approximate surface area is 226 Å². The van der Waals surface area contributed by atoms with Gasteiger partial charge in [0, 0.05) is 42.8 Å². The fourth-order valence-electron chi connectivity index (χ4n) is 5.48. The van der Waals surface area contributed by atoms with Crippen molar-refractivity contribution < 1.29 is 9.66 Å². The molecular formula is C29H33N7O3. The van der Waals surface area contributed by atoms with Gasteiger partial charge in [-0.3, -0.25) is 25.5 Å². The summed E-state index contributed by atoms with van der Waals surface area (Å²) >= 11 is 0. The Morgan fingerprint density at radius 1 is 1.15 bits per heavy atom. The van der Waals surface area contributed by atoms with Crippen molar-refractivity contribution in [1.82, 2.24) is 14.5 Å². The van der Waals surface area contributed by atoms with Gasteiger partial charge in [0.05, 0.1) is 22.0 Å². The van der Waals surface area contributed by atoms with Crippen LogP contribution < -0.4 is 10.5 Å². The number of likely N-dealkylation sites (tertiary alicyclic amines) is 1. The molecule has 4 aromatic rings. The minimum absolute atomic E-state index is 0.0271. The zero-order valence-corrected chi connectivity index (χ0v) is 22.6. The van der Waals surface area contributed by atoms with Gasteiger partial charge >= 0.3 is 5.69 Å². The van der Waals surface area contributed by atoms with Crippen LogP contribution in [0.5, 0.6) is 5.75 Å². The number of fused-ring (bicyclic) bond motifs is 2. The van der Waals surface area contributed by atoms with Crippen LogP contribution in [0.2, 0.25) is 0 Å². The number of aromatic nitrogens is 2. The summed E-state index contributed by atoms with van der Waals surface area (Å²) in [6.45, 7) is 9.06. The number of nitrogen functional groups attached to an aromatic ring is 1. The number of nitro benzene ring substituents is 1. The molecule has 0 bridgehead atoms. The average molecular weight is 528 g/mol. The van der Waals surface area contributed by atoms with Gasteiger partial charge in [0.15, 0.2) is 11.3 Å². The summed E-state index contributed by atoms with van der Waals surface area (Å²) in [5, 5.41) is 30.2. The zero-order chi connectivity index (χ0) is 28.0. The Balaban J connectivity index is 1.76. The van der Waals surface area contributed by atoms with E-state index >= 15 is 0 Å². The van der Waals surface area contributed by atoms with E-state index in [9.17, 15) is 10.1 Å². The Bertz CT molecular complexity index is 1630. The average Bonchev–Trinajstić information content (AvgIpc) is 3.29. The molecular weight excluding hydrogens is 494 g/mol. The number of nitrogens with two attached hydrogens (primary N) is 1. The molecule has 1 aliphatic heterocycles. The number of hydrogen-bond acceptors (Lipinski definition) is 6. The summed E-state index contributed by atoms with van der Waals surface area (Å²) in [5.41, 5.74) is 8.86. The lowest BCUT2D eigenvalue weighted by Gasteiger charge is -2.32. The van der Waals surface area contributed by atoms with E-state index in [-0.39, 0.29) is 34.2 Å². The highest BCUT2D eigenvalue weighted by Gasteiger charge is 2.32. The molecule has 0 aliphatic carbocycles. The molecule has 3 aromatic carbocycles. The molecule has 1 aromatic heterocycles. The molecule has 0 radical (unpaired) electrons. The molecule has 1 aliphatic rings. The maximum Gasteiger partial charge on any atom is 0.336 e.